The number of nitrogens with zero attached hydrogens (tertiary/aromatic N) is 2. The molecule has 4 N–H and O–H groups in total. The van der Waals surface area contributed by atoms with Crippen LogP contribution in [0.5, 0.6) is 0 Å². The van der Waals surface area contributed by atoms with Gasteiger partial charge in [-0.15, -0.1) is 0 Å². The normalized spacial score (nSPS) is 10.6. The van der Waals surface area contributed by atoms with Gasteiger partial charge in [0.25, 0.3) is 0 Å². The maximum atomic E-state index is 6.15. The van der Waals surface area contributed by atoms with Crippen LogP contribution in [0.1, 0.15) is 0 Å². The molecule has 0 saturated heterocycles. The lowest BCUT2D eigenvalue weighted by Crippen LogP contribution is -2.05. The molecule has 0 spiro atoms. The quantitative estimate of drug-likeness (QED) is 0.476. The number of hydrogen-bond acceptors (Lipinski definition) is 5. The summed E-state index contributed by atoms with van der Waals surface area (Å²) in [5, 5.41) is 8.02. The van der Waals surface area contributed by atoms with Crippen LogP contribution in [0.25, 0.3) is 0 Å². The summed E-state index contributed by atoms with van der Waals surface area (Å²) >= 11 is 23.9. The first-order valence-corrected chi connectivity index (χ1v) is 8.49. The molecular weight excluding hydrogens is 404 g/mol. The van der Waals surface area contributed by atoms with Crippen LogP contribution >= 0.6 is 46.4 Å². The van der Waals surface area contributed by atoms with Gasteiger partial charge in [0.05, 0.1) is 10.0 Å². The van der Waals surface area contributed by atoms with Crippen molar-refractivity contribution in [3.8, 4) is 0 Å². The Morgan fingerprint density at radius 3 is 1.92 bits per heavy atom. The molecule has 5 nitrogen and oxygen atoms in total. The number of nitrogen functional groups attached to an aromatic ring is 1. The third kappa shape index (κ3) is 4.38. The van der Waals surface area contributed by atoms with Crippen LogP contribution in [-0.4, -0.2) is 9.97 Å². The summed E-state index contributed by atoms with van der Waals surface area (Å²) in [6.45, 7) is 0. The Morgan fingerprint density at radius 2 is 1.32 bits per heavy atom. The molecule has 128 valence electrons. The zero-order chi connectivity index (χ0) is 18.0. The predicted molar refractivity (Wildman–Crippen MR) is 106 cm³/mol. The topological polar surface area (TPSA) is 75.9 Å². The molecule has 3 rings (SSSR count). The van der Waals surface area contributed by atoms with Crippen LogP contribution in [0.15, 0.2) is 42.7 Å². The van der Waals surface area contributed by atoms with E-state index in [0.717, 1.165) is 0 Å². The highest BCUT2D eigenvalue weighted by atomic mass is 35.5. The summed E-state index contributed by atoms with van der Waals surface area (Å²) in [7, 11) is 0. The molecule has 1 heterocycles. The lowest BCUT2D eigenvalue weighted by atomic mass is 10.3. The summed E-state index contributed by atoms with van der Waals surface area (Å²) < 4.78 is 0. The number of hydrogen-bond donors (Lipinski definition) is 3. The van der Waals surface area contributed by atoms with E-state index in [4.69, 9.17) is 52.1 Å². The van der Waals surface area contributed by atoms with Crippen LogP contribution < -0.4 is 16.4 Å². The minimum Gasteiger partial charge on any atom is -0.393 e. The highest BCUT2D eigenvalue weighted by Gasteiger charge is 2.10. The summed E-state index contributed by atoms with van der Waals surface area (Å²) in [6.07, 6.45) is 1.38. The van der Waals surface area contributed by atoms with E-state index in [9.17, 15) is 0 Å². The number of rotatable bonds is 4. The minimum atomic E-state index is 0.324. The molecule has 1 aromatic heterocycles. The van der Waals surface area contributed by atoms with Crippen LogP contribution in [0, 0.1) is 0 Å². The lowest BCUT2D eigenvalue weighted by molar-refractivity contribution is 1.17. The molecule has 0 aliphatic carbocycles. The molecule has 0 amide bonds. The first-order chi connectivity index (χ1) is 11.9. The molecule has 25 heavy (non-hydrogen) atoms. The van der Waals surface area contributed by atoms with Crippen molar-refractivity contribution in [2.45, 2.75) is 0 Å². The van der Waals surface area contributed by atoms with Crippen molar-refractivity contribution in [3.05, 3.63) is 62.8 Å². The Morgan fingerprint density at radius 1 is 0.720 bits per heavy atom. The van der Waals surface area contributed by atoms with E-state index in [1.807, 2.05) is 0 Å². The molecule has 0 unspecified atom stereocenters. The SMILES string of the molecule is Nc1c(Nc2cc(Cl)cc(Cl)c2)ncnc1Nc1ccc(Cl)c(Cl)c1. The number of benzene rings is 2. The van der Waals surface area contributed by atoms with Crippen molar-refractivity contribution >= 4 is 75.1 Å². The average molecular weight is 415 g/mol. The summed E-state index contributed by atoms with van der Waals surface area (Å²) in [6, 6.07) is 10.2. The third-order valence-electron chi connectivity index (χ3n) is 3.19. The van der Waals surface area contributed by atoms with Gasteiger partial charge in [-0.1, -0.05) is 46.4 Å². The van der Waals surface area contributed by atoms with Gasteiger partial charge in [0.2, 0.25) is 0 Å². The predicted octanol–water partition coefficient (Wildman–Crippen LogP) is 6.16. The molecule has 0 atom stereocenters. The second kappa shape index (κ2) is 7.54. The first-order valence-electron chi connectivity index (χ1n) is 6.98. The molecule has 0 aliphatic heterocycles. The van der Waals surface area contributed by atoms with E-state index in [1.54, 1.807) is 36.4 Å². The van der Waals surface area contributed by atoms with Crippen molar-refractivity contribution in [2.75, 3.05) is 16.4 Å². The Bertz CT molecular complexity index is 912. The van der Waals surface area contributed by atoms with Gasteiger partial charge in [-0.3, -0.25) is 0 Å². The van der Waals surface area contributed by atoms with E-state index in [2.05, 4.69) is 20.6 Å². The average Bonchev–Trinajstić information content (AvgIpc) is 2.54. The first kappa shape index (κ1) is 17.9. The van der Waals surface area contributed by atoms with E-state index in [1.165, 1.54) is 6.33 Å². The smallest absolute Gasteiger partial charge is 0.159 e. The fourth-order valence-corrected chi connectivity index (χ4v) is 2.89. The van der Waals surface area contributed by atoms with E-state index < -0.39 is 0 Å². The number of halogens is 4. The fraction of sp³-hybridized carbons (Fsp3) is 0. The Labute approximate surface area is 164 Å². The number of nitrogens with one attached hydrogen (secondary N) is 2. The van der Waals surface area contributed by atoms with Gasteiger partial charge in [0, 0.05) is 21.4 Å². The van der Waals surface area contributed by atoms with Gasteiger partial charge in [-0.05, 0) is 36.4 Å². The van der Waals surface area contributed by atoms with Gasteiger partial charge in [0.15, 0.2) is 11.6 Å². The molecule has 9 heteroatoms. The zero-order valence-electron chi connectivity index (χ0n) is 12.5. The molecule has 2 aromatic carbocycles. The standard InChI is InChI=1S/C16H11Cl4N5/c17-8-3-9(18)5-11(4-8)25-16-14(21)15(22-7-23-16)24-10-1-2-12(19)13(20)6-10/h1-7H,21H2,(H2,22,23,24,25). The van der Waals surface area contributed by atoms with Crippen molar-refractivity contribution in [1.82, 2.24) is 9.97 Å². The largest absolute Gasteiger partial charge is 0.393 e. The summed E-state index contributed by atoms with van der Waals surface area (Å²) in [5.74, 6) is 0.833. The molecule has 0 fully saturated rings. The van der Waals surface area contributed by atoms with Gasteiger partial charge in [-0.2, -0.15) is 0 Å². The lowest BCUT2D eigenvalue weighted by Gasteiger charge is -2.13. The van der Waals surface area contributed by atoms with Gasteiger partial charge in [0.1, 0.15) is 12.0 Å². The Hall–Kier alpha value is -1.92. The van der Waals surface area contributed by atoms with Crippen LogP contribution in [0.3, 0.4) is 0 Å². The fourth-order valence-electron chi connectivity index (χ4n) is 2.07. The van der Waals surface area contributed by atoms with E-state index in [-0.39, 0.29) is 0 Å². The van der Waals surface area contributed by atoms with Gasteiger partial charge in [-0.25, -0.2) is 9.97 Å². The number of aromatic nitrogens is 2. The monoisotopic (exact) mass is 413 g/mol. The van der Waals surface area contributed by atoms with E-state index >= 15 is 0 Å². The van der Waals surface area contributed by atoms with Crippen molar-refractivity contribution < 1.29 is 0 Å². The summed E-state index contributed by atoms with van der Waals surface area (Å²) in [5.41, 5.74) is 7.82. The minimum absolute atomic E-state index is 0.324. The summed E-state index contributed by atoms with van der Waals surface area (Å²) in [4.78, 5) is 8.29. The number of nitrogens with two attached hydrogens (primary N) is 1. The maximum absolute atomic E-state index is 6.15. The van der Waals surface area contributed by atoms with Crippen LogP contribution in [0.4, 0.5) is 28.7 Å². The second-order valence-corrected chi connectivity index (χ2v) is 6.71. The Balaban J connectivity index is 1.87. The molecule has 0 aliphatic rings. The van der Waals surface area contributed by atoms with E-state index in [0.29, 0.717) is 48.8 Å². The maximum Gasteiger partial charge on any atom is 0.159 e. The second-order valence-electron chi connectivity index (χ2n) is 5.02. The van der Waals surface area contributed by atoms with Crippen molar-refractivity contribution in [2.24, 2.45) is 0 Å². The molecule has 0 bridgehead atoms. The molecule has 0 saturated carbocycles. The zero-order valence-corrected chi connectivity index (χ0v) is 15.5. The Kier molecular flexibility index (Phi) is 5.39. The third-order valence-corrected chi connectivity index (χ3v) is 4.37. The highest BCUT2D eigenvalue weighted by molar-refractivity contribution is 6.42. The van der Waals surface area contributed by atoms with Crippen molar-refractivity contribution in [3.63, 3.8) is 0 Å². The van der Waals surface area contributed by atoms with Gasteiger partial charge < -0.3 is 16.4 Å². The van der Waals surface area contributed by atoms with Crippen molar-refractivity contribution in [1.29, 1.82) is 0 Å². The van der Waals surface area contributed by atoms with Crippen LogP contribution in [-0.2, 0) is 0 Å². The van der Waals surface area contributed by atoms with Crippen LogP contribution in [0.2, 0.25) is 20.1 Å². The molecule has 0 radical (unpaired) electrons. The molecular formula is C16H11Cl4N5. The molecule has 3 aromatic rings. The number of anilines is 5. The van der Waals surface area contributed by atoms with Gasteiger partial charge >= 0.3 is 0 Å². The highest BCUT2D eigenvalue weighted by Crippen LogP contribution is 2.32.